The van der Waals surface area contributed by atoms with Crippen LogP contribution in [0.25, 0.3) is 0 Å². The van der Waals surface area contributed by atoms with Crippen molar-refractivity contribution in [1.29, 1.82) is 0 Å². The first kappa shape index (κ1) is 14.4. The number of esters is 1. The molecule has 0 spiro atoms. The summed E-state index contributed by atoms with van der Waals surface area (Å²) in [6.45, 7) is 8.13. The maximum absolute atomic E-state index is 12.1. The smallest absolute Gasteiger partial charge is 0.313 e. The lowest BCUT2D eigenvalue weighted by Crippen LogP contribution is -2.31. The molecular formula is C11H21FO3. The Morgan fingerprint density at radius 2 is 1.93 bits per heavy atom. The van der Waals surface area contributed by atoms with E-state index >= 15 is 0 Å². The van der Waals surface area contributed by atoms with E-state index in [2.05, 4.69) is 0 Å². The molecule has 2 atom stereocenters. The van der Waals surface area contributed by atoms with Gasteiger partial charge in [0, 0.05) is 0 Å². The first-order valence-corrected chi connectivity index (χ1v) is 5.26. The van der Waals surface area contributed by atoms with Crippen LogP contribution >= 0.6 is 0 Å². The number of halogens is 1. The highest BCUT2D eigenvalue weighted by atomic mass is 19.1. The number of ether oxygens (including phenoxy) is 2. The first-order chi connectivity index (χ1) is 6.83. The van der Waals surface area contributed by atoms with Gasteiger partial charge in [-0.2, -0.15) is 0 Å². The number of alkyl halides is 1. The Kier molecular flexibility index (Phi) is 5.80. The van der Waals surface area contributed by atoms with Crippen LogP contribution in [-0.2, 0) is 14.3 Å². The van der Waals surface area contributed by atoms with E-state index in [9.17, 15) is 9.18 Å². The van der Waals surface area contributed by atoms with E-state index in [-0.39, 0.29) is 5.97 Å². The van der Waals surface area contributed by atoms with Crippen LogP contribution in [0.1, 0.15) is 41.0 Å². The molecule has 15 heavy (non-hydrogen) atoms. The second kappa shape index (κ2) is 6.05. The minimum atomic E-state index is -0.700. The molecule has 0 aromatic heterocycles. The maximum atomic E-state index is 12.1. The Labute approximate surface area is 90.9 Å². The molecule has 4 heteroatoms. The van der Waals surface area contributed by atoms with Crippen LogP contribution in [0.15, 0.2) is 0 Å². The number of carbonyl (C=O) groups excluding carboxylic acids is 1. The van der Waals surface area contributed by atoms with Gasteiger partial charge in [0.1, 0.15) is 6.67 Å². The van der Waals surface area contributed by atoms with Crippen LogP contribution < -0.4 is 0 Å². The number of carbonyl (C=O) groups is 1. The fourth-order valence-corrected chi connectivity index (χ4v) is 0.846. The predicted octanol–water partition coefficient (Wildman–Crippen LogP) is 2.69. The zero-order valence-electron chi connectivity index (χ0n) is 10.2. The van der Waals surface area contributed by atoms with Crippen molar-refractivity contribution in [3.63, 3.8) is 0 Å². The van der Waals surface area contributed by atoms with Crippen molar-refractivity contribution in [1.82, 2.24) is 0 Å². The number of hydrogen-bond donors (Lipinski definition) is 0. The van der Waals surface area contributed by atoms with Gasteiger partial charge in [-0.05, 0) is 34.1 Å². The van der Waals surface area contributed by atoms with E-state index in [4.69, 9.17) is 9.47 Å². The highest BCUT2D eigenvalue weighted by Crippen LogP contribution is 2.22. The van der Waals surface area contributed by atoms with Gasteiger partial charge >= 0.3 is 5.97 Å². The molecule has 0 aliphatic heterocycles. The lowest BCUT2D eigenvalue weighted by atomic mass is 9.91. The van der Waals surface area contributed by atoms with Gasteiger partial charge in [-0.1, -0.05) is 6.92 Å². The van der Waals surface area contributed by atoms with Crippen LogP contribution in [0.3, 0.4) is 0 Å². The topological polar surface area (TPSA) is 35.5 Å². The molecule has 0 bridgehead atoms. The molecule has 0 N–H and O–H groups in total. The van der Waals surface area contributed by atoms with Crippen LogP contribution in [-0.4, -0.2) is 25.0 Å². The van der Waals surface area contributed by atoms with E-state index in [1.165, 1.54) is 0 Å². The molecule has 0 aromatic carbocycles. The third kappa shape index (κ3) is 5.11. The molecular weight excluding hydrogens is 199 g/mol. The Hall–Kier alpha value is -0.640. The maximum Gasteiger partial charge on any atom is 0.313 e. The minimum Gasteiger partial charge on any atom is -0.436 e. The summed E-state index contributed by atoms with van der Waals surface area (Å²) in [6.07, 6.45) is -0.552. The zero-order valence-corrected chi connectivity index (χ0v) is 10.2. The standard InChI is InChI=1S/C11H21FO3/c1-6-11(4,5)10(13)15-9(3)14-8(2)7-12/h8-9H,6-7H2,1-5H3. The van der Waals surface area contributed by atoms with E-state index in [0.717, 1.165) is 0 Å². The highest BCUT2D eigenvalue weighted by molar-refractivity contribution is 5.75. The van der Waals surface area contributed by atoms with Crippen molar-refractivity contribution in [2.45, 2.75) is 53.4 Å². The summed E-state index contributed by atoms with van der Waals surface area (Å²) in [7, 11) is 0. The van der Waals surface area contributed by atoms with Crippen LogP contribution in [0.2, 0.25) is 0 Å². The monoisotopic (exact) mass is 220 g/mol. The second-order valence-electron chi connectivity index (χ2n) is 4.31. The Morgan fingerprint density at radius 1 is 1.40 bits per heavy atom. The Bertz CT molecular complexity index is 204. The zero-order chi connectivity index (χ0) is 12.1. The summed E-state index contributed by atoms with van der Waals surface area (Å²) in [5, 5.41) is 0. The van der Waals surface area contributed by atoms with Crippen LogP contribution in [0.5, 0.6) is 0 Å². The van der Waals surface area contributed by atoms with Gasteiger partial charge in [-0.15, -0.1) is 0 Å². The van der Waals surface area contributed by atoms with Gasteiger partial charge < -0.3 is 9.47 Å². The summed E-state index contributed by atoms with van der Waals surface area (Å²) in [5.41, 5.74) is -0.517. The summed E-state index contributed by atoms with van der Waals surface area (Å²) < 4.78 is 22.3. The van der Waals surface area contributed by atoms with E-state index < -0.39 is 24.5 Å². The number of hydrogen-bond acceptors (Lipinski definition) is 3. The molecule has 3 nitrogen and oxygen atoms in total. The lowest BCUT2D eigenvalue weighted by molar-refractivity contribution is -0.193. The van der Waals surface area contributed by atoms with E-state index in [1.54, 1.807) is 27.7 Å². The highest BCUT2D eigenvalue weighted by Gasteiger charge is 2.29. The molecule has 90 valence electrons. The first-order valence-electron chi connectivity index (χ1n) is 5.26. The molecule has 0 rings (SSSR count). The van der Waals surface area contributed by atoms with Crippen molar-refractivity contribution in [3.05, 3.63) is 0 Å². The Balaban J connectivity index is 4.07. The lowest BCUT2D eigenvalue weighted by Gasteiger charge is -2.24. The van der Waals surface area contributed by atoms with Crippen molar-refractivity contribution < 1.29 is 18.7 Å². The SMILES string of the molecule is CCC(C)(C)C(=O)OC(C)OC(C)CF. The van der Waals surface area contributed by atoms with Gasteiger partial charge in [-0.3, -0.25) is 4.79 Å². The third-order valence-corrected chi connectivity index (χ3v) is 2.35. The quantitative estimate of drug-likeness (QED) is 0.510. The average molecular weight is 220 g/mol. The molecule has 0 amide bonds. The van der Waals surface area contributed by atoms with E-state index in [1.807, 2.05) is 6.92 Å². The Morgan fingerprint density at radius 3 is 2.33 bits per heavy atom. The molecule has 0 radical (unpaired) electrons. The van der Waals surface area contributed by atoms with Crippen molar-refractivity contribution in [2.75, 3.05) is 6.67 Å². The third-order valence-electron chi connectivity index (χ3n) is 2.35. The van der Waals surface area contributed by atoms with Gasteiger partial charge in [0.15, 0.2) is 0 Å². The van der Waals surface area contributed by atoms with Crippen LogP contribution in [0, 0.1) is 5.41 Å². The summed E-state index contributed by atoms with van der Waals surface area (Å²) >= 11 is 0. The molecule has 2 unspecified atom stereocenters. The summed E-state index contributed by atoms with van der Waals surface area (Å²) in [6, 6.07) is 0. The van der Waals surface area contributed by atoms with Gasteiger partial charge in [-0.25, -0.2) is 4.39 Å². The predicted molar refractivity (Wildman–Crippen MR) is 56.1 cm³/mol. The van der Waals surface area contributed by atoms with Crippen molar-refractivity contribution >= 4 is 5.97 Å². The second-order valence-corrected chi connectivity index (χ2v) is 4.31. The van der Waals surface area contributed by atoms with Gasteiger partial charge in [0.2, 0.25) is 6.29 Å². The normalized spacial score (nSPS) is 15.9. The molecule has 0 aliphatic carbocycles. The molecule has 0 saturated carbocycles. The van der Waals surface area contributed by atoms with Crippen molar-refractivity contribution in [3.8, 4) is 0 Å². The average Bonchev–Trinajstić information content (AvgIpc) is 2.17. The van der Waals surface area contributed by atoms with Crippen LogP contribution in [0.4, 0.5) is 4.39 Å². The number of rotatable bonds is 6. The molecule has 0 aliphatic rings. The molecule has 0 saturated heterocycles. The fraction of sp³-hybridized carbons (Fsp3) is 0.909. The van der Waals surface area contributed by atoms with E-state index in [0.29, 0.717) is 6.42 Å². The summed E-state index contributed by atoms with van der Waals surface area (Å²) in [4.78, 5) is 11.6. The molecule has 0 fully saturated rings. The van der Waals surface area contributed by atoms with Gasteiger partial charge in [0.05, 0.1) is 11.5 Å². The minimum absolute atomic E-state index is 0.316. The van der Waals surface area contributed by atoms with Crippen molar-refractivity contribution in [2.24, 2.45) is 5.41 Å². The largest absolute Gasteiger partial charge is 0.436 e. The fourth-order valence-electron chi connectivity index (χ4n) is 0.846. The molecule has 0 heterocycles. The molecule has 0 aromatic rings. The van der Waals surface area contributed by atoms with Gasteiger partial charge in [0.25, 0.3) is 0 Å². The summed E-state index contributed by atoms with van der Waals surface area (Å²) in [5.74, 6) is -0.316.